The van der Waals surface area contributed by atoms with Gasteiger partial charge in [-0.05, 0) is 37.1 Å². The first-order valence-electron chi connectivity index (χ1n) is 5.94. The van der Waals surface area contributed by atoms with E-state index in [1.54, 1.807) is 13.8 Å². The van der Waals surface area contributed by atoms with Crippen LogP contribution in [0.2, 0.25) is 0 Å². The van der Waals surface area contributed by atoms with Crippen molar-refractivity contribution in [3.05, 3.63) is 29.6 Å². The van der Waals surface area contributed by atoms with Crippen molar-refractivity contribution in [1.82, 2.24) is 5.32 Å². The Morgan fingerprint density at radius 1 is 1.42 bits per heavy atom. The van der Waals surface area contributed by atoms with Crippen LogP contribution in [0.25, 0.3) is 0 Å². The van der Waals surface area contributed by atoms with Crippen molar-refractivity contribution in [3.63, 3.8) is 0 Å². The second-order valence-electron chi connectivity index (χ2n) is 4.37. The minimum atomic E-state index is -0.892. The molecule has 6 heteroatoms. The van der Waals surface area contributed by atoms with Crippen molar-refractivity contribution in [2.24, 2.45) is 5.92 Å². The highest BCUT2D eigenvalue weighted by atomic mass is 19.1. The van der Waals surface area contributed by atoms with Crippen LogP contribution in [0.1, 0.15) is 18.9 Å². The number of halogens is 1. The van der Waals surface area contributed by atoms with Gasteiger partial charge in [-0.3, -0.25) is 4.79 Å². The zero-order chi connectivity index (χ0) is 14.4. The summed E-state index contributed by atoms with van der Waals surface area (Å²) in [7, 11) is 0. The molecule has 104 valence electrons. The fraction of sp³-hybridized carbons (Fsp3) is 0.385. The fourth-order valence-corrected chi connectivity index (χ4v) is 1.42. The molecule has 0 radical (unpaired) electrons. The predicted molar refractivity (Wildman–Crippen MR) is 69.6 cm³/mol. The molecule has 0 heterocycles. The SMILES string of the molecule is Cc1cc(NC(=O)NCCC(C)C(=O)O)ccc1F. The number of aliphatic carboxylic acids is 1. The summed E-state index contributed by atoms with van der Waals surface area (Å²) in [6.45, 7) is 3.44. The standard InChI is InChI=1S/C13H17FN2O3/c1-8(12(17)18)5-6-15-13(19)16-10-3-4-11(14)9(2)7-10/h3-4,7-8H,5-6H2,1-2H3,(H,17,18)(H2,15,16,19). The minimum Gasteiger partial charge on any atom is -0.481 e. The molecule has 0 fully saturated rings. The Bertz CT molecular complexity index is 477. The first kappa shape index (κ1) is 14.9. The average Bonchev–Trinajstić information content (AvgIpc) is 2.33. The van der Waals surface area contributed by atoms with Crippen molar-refractivity contribution in [2.75, 3.05) is 11.9 Å². The van der Waals surface area contributed by atoms with Crippen molar-refractivity contribution in [2.45, 2.75) is 20.3 Å². The average molecular weight is 268 g/mol. The highest BCUT2D eigenvalue weighted by molar-refractivity contribution is 5.89. The molecule has 0 aliphatic rings. The Kier molecular flexibility index (Phi) is 5.29. The van der Waals surface area contributed by atoms with Gasteiger partial charge in [0, 0.05) is 12.2 Å². The van der Waals surface area contributed by atoms with E-state index in [2.05, 4.69) is 10.6 Å². The molecule has 0 saturated carbocycles. The molecule has 19 heavy (non-hydrogen) atoms. The summed E-state index contributed by atoms with van der Waals surface area (Å²) in [5.74, 6) is -1.73. The van der Waals surface area contributed by atoms with Crippen molar-refractivity contribution in [1.29, 1.82) is 0 Å². The second kappa shape index (κ2) is 6.72. The Labute approximate surface area is 110 Å². The number of anilines is 1. The third-order valence-corrected chi connectivity index (χ3v) is 2.70. The maximum atomic E-state index is 13.0. The van der Waals surface area contributed by atoms with Gasteiger partial charge in [-0.2, -0.15) is 0 Å². The van der Waals surface area contributed by atoms with Gasteiger partial charge in [-0.25, -0.2) is 9.18 Å². The van der Waals surface area contributed by atoms with Gasteiger partial charge < -0.3 is 15.7 Å². The number of carbonyl (C=O) groups excluding carboxylic acids is 1. The monoisotopic (exact) mass is 268 g/mol. The van der Waals surface area contributed by atoms with Gasteiger partial charge in [0.25, 0.3) is 0 Å². The molecule has 2 amide bonds. The second-order valence-corrected chi connectivity index (χ2v) is 4.37. The molecule has 0 aromatic heterocycles. The highest BCUT2D eigenvalue weighted by Gasteiger charge is 2.11. The molecular formula is C13H17FN2O3. The van der Waals surface area contributed by atoms with Crippen LogP contribution < -0.4 is 10.6 Å². The summed E-state index contributed by atoms with van der Waals surface area (Å²) in [6.07, 6.45) is 0.352. The molecule has 0 aliphatic heterocycles. The smallest absolute Gasteiger partial charge is 0.319 e. The van der Waals surface area contributed by atoms with Crippen LogP contribution in [0, 0.1) is 18.7 Å². The lowest BCUT2D eigenvalue weighted by atomic mass is 10.1. The van der Waals surface area contributed by atoms with Gasteiger partial charge >= 0.3 is 12.0 Å². The predicted octanol–water partition coefficient (Wildman–Crippen LogP) is 2.37. The van der Waals surface area contributed by atoms with Gasteiger partial charge in [0.2, 0.25) is 0 Å². The minimum absolute atomic E-state index is 0.263. The number of rotatable bonds is 5. The molecule has 1 unspecified atom stereocenters. The van der Waals surface area contributed by atoms with Gasteiger partial charge in [0.15, 0.2) is 0 Å². The Morgan fingerprint density at radius 2 is 2.11 bits per heavy atom. The Hall–Kier alpha value is -2.11. The first-order valence-corrected chi connectivity index (χ1v) is 5.94. The van der Waals surface area contributed by atoms with Crippen LogP contribution in [0.4, 0.5) is 14.9 Å². The first-order chi connectivity index (χ1) is 8.90. The number of carboxylic acids is 1. The molecule has 3 N–H and O–H groups in total. The molecule has 1 rings (SSSR count). The summed E-state index contributed by atoms with van der Waals surface area (Å²) < 4.78 is 13.0. The van der Waals surface area contributed by atoms with Crippen molar-refractivity contribution < 1.29 is 19.1 Å². The zero-order valence-corrected chi connectivity index (χ0v) is 10.9. The highest BCUT2D eigenvalue weighted by Crippen LogP contribution is 2.13. The molecule has 0 spiro atoms. The molecule has 1 aromatic rings. The van der Waals surface area contributed by atoms with Crippen LogP contribution >= 0.6 is 0 Å². The van der Waals surface area contributed by atoms with Gasteiger partial charge in [-0.1, -0.05) is 6.92 Å². The van der Waals surface area contributed by atoms with E-state index in [1.165, 1.54) is 18.2 Å². The van der Waals surface area contributed by atoms with E-state index >= 15 is 0 Å². The molecule has 0 aliphatic carbocycles. The zero-order valence-electron chi connectivity index (χ0n) is 10.9. The molecule has 5 nitrogen and oxygen atoms in total. The van der Waals surface area contributed by atoms with E-state index in [4.69, 9.17) is 5.11 Å². The molecule has 0 bridgehead atoms. The number of amides is 2. The fourth-order valence-electron chi connectivity index (χ4n) is 1.42. The number of hydrogen-bond donors (Lipinski definition) is 3. The van der Waals surface area contributed by atoms with Gasteiger partial charge in [0.1, 0.15) is 5.82 Å². The lowest BCUT2D eigenvalue weighted by Gasteiger charge is -2.10. The Morgan fingerprint density at radius 3 is 2.68 bits per heavy atom. The van der Waals surface area contributed by atoms with Crippen LogP contribution in [0.3, 0.4) is 0 Å². The summed E-state index contributed by atoms with van der Waals surface area (Å²) >= 11 is 0. The van der Waals surface area contributed by atoms with E-state index < -0.39 is 17.9 Å². The number of carbonyl (C=O) groups is 2. The quantitative estimate of drug-likeness (QED) is 0.767. The summed E-state index contributed by atoms with van der Waals surface area (Å²) in [5, 5.41) is 13.8. The number of urea groups is 1. The number of carboxylic acid groups (broad SMARTS) is 1. The largest absolute Gasteiger partial charge is 0.481 e. The normalized spacial score (nSPS) is 11.7. The number of nitrogens with one attached hydrogen (secondary N) is 2. The van der Waals surface area contributed by atoms with E-state index in [0.717, 1.165) is 0 Å². The van der Waals surface area contributed by atoms with Gasteiger partial charge in [0.05, 0.1) is 5.92 Å². The van der Waals surface area contributed by atoms with Crippen LogP contribution in [0.15, 0.2) is 18.2 Å². The number of hydrogen-bond acceptors (Lipinski definition) is 2. The molecule has 0 saturated heterocycles. The molecular weight excluding hydrogens is 251 g/mol. The third-order valence-electron chi connectivity index (χ3n) is 2.70. The van der Waals surface area contributed by atoms with Crippen molar-refractivity contribution in [3.8, 4) is 0 Å². The summed E-state index contributed by atoms with van der Waals surface area (Å²) in [5.41, 5.74) is 0.931. The summed E-state index contributed by atoms with van der Waals surface area (Å²) in [4.78, 5) is 22.1. The number of benzene rings is 1. The van der Waals surface area contributed by atoms with Crippen LogP contribution in [-0.2, 0) is 4.79 Å². The van der Waals surface area contributed by atoms with Crippen LogP contribution in [-0.4, -0.2) is 23.7 Å². The van der Waals surface area contributed by atoms with Gasteiger partial charge in [-0.15, -0.1) is 0 Å². The van der Waals surface area contributed by atoms with Crippen LogP contribution in [0.5, 0.6) is 0 Å². The molecule has 1 atom stereocenters. The third kappa shape index (κ3) is 4.95. The lowest BCUT2D eigenvalue weighted by molar-refractivity contribution is -0.141. The van der Waals surface area contributed by atoms with E-state index in [1.807, 2.05) is 0 Å². The van der Waals surface area contributed by atoms with E-state index in [9.17, 15) is 14.0 Å². The van der Waals surface area contributed by atoms with Crippen molar-refractivity contribution >= 4 is 17.7 Å². The number of aryl methyl sites for hydroxylation is 1. The van der Waals surface area contributed by atoms with E-state index in [-0.39, 0.29) is 12.4 Å². The maximum absolute atomic E-state index is 13.0. The van der Waals surface area contributed by atoms with E-state index in [0.29, 0.717) is 17.7 Å². The summed E-state index contributed by atoms with van der Waals surface area (Å²) in [6, 6.07) is 3.82. The topological polar surface area (TPSA) is 78.4 Å². The lowest BCUT2D eigenvalue weighted by Crippen LogP contribution is -2.31. The molecule has 1 aromatic carbocycles. The maximum Gasteiger partial charge on any atom is 0.319 e. The Balaban J connectivity index is 2.39.